The van der Waals surface area contributed by atoms with Crippen LogP contribution < -0.4 is 0 Å². The van der Waals surface area contributed by atoms with Gasteiger partial charge in [-0.25, -0.2) is 9.69 Å². The van der Waals surface area contributed by atoms with Crippen molar-refractivity contribution in [3.63, 3.8) is 0 Å². The second-order valence-electron chi connectivity index (χ2n) is 6.30. The standard InChI is InChI=1S/C20H20ClNO2/c1-20(2,3)24-19(23)22(15-17-7-5-4-6-8-17)14-13-16-9-11-18(21)12-10-16/h4-12H,15H2,1-3H3. The number of carbonyl (C=O) groups is 1. The maximum Gasteiger partial charge on any atom is 0.422 e. The molecule has 0 spiro atoms. The summed E-state index contributed by atoms with van der Waals surface area (Å²) in [6, 6.07) is 19.7. The molecule has 0 saturated carbocycles. The summed E-state index contributed by atoms with van der Waals surface area (Å²) in [6.07, 6.45) is -0.465. The lowest BCUT2D eigenvalue weighted by Gasteiger charge is -2.23. The van der Waals surface area contributed by atoms with Gasteiger partial charge in [-0.2, -0.15) is 0 Å². The Morgan fingerprint density at radius 1 is 1.08 bits per heavy atom. The first-order chi connectivity index (χ1) is 11.3. The second-order valence-corrected chi connectivity index (χ2v) is 6.73. The van der Waals surface area contributed by atoms with Gasteiger partial charge in [0.2, 0.25) is 0 Å². The third kappa shape index (κ3) is 5.98. The van der Waals surface area contributed by atoms with E-state index in [2.05, 4.69) is 12.0 Å². The lowest BCUT2D eigenvalue weighted by Crippen LogP contribution is -2.33. The van der Waals surface area contributed by atoms with E-state index in [0.29, 0.717) is 11.6 Å². The fourth-order valence-corrected chi connectivity index (χ4v) is 2.02. The van der Waals surface area contributed by atoms with Gasteiger partial charge in [0.15, 0.2) is 0 Å². The highest BCUT2D eigenvalue weighted by Gasteiger charge is 2.21. The van der Waals surface area contributed by atoms with Gasteiger partial charge in [-0.3, -0.25) is 0 Å². The van der Waals surface area contributed by atoms with Crippen molar-refractivity contribution < 1.29 is 9.53 Å². The summed E-state index contributed by atoms with van der Waals surface area (Å²) >= 11 is 5.87. The summed E-state index contributed by atoms with van der Waals surface area (Å²) in [7, 11) is 0. The molecular weight excluding hydrogens is 322 g/mol. The lowest BCUT2D eigenvalue weighted by atomic mass is 10.2. The Bertz CT molecular complexity index is 737. The molecule has 1 amide bonds. The van der Waals surface area contributed by atoms with Crippen molar-refractivity contribution in [2.75, 3.05) is 0 Å². The molecule has 0 fully saturated rings. The van der Waals surface area contributed by atoms with Gasteiger partial charge in [0.05, 0.1) is 6.54 Å². The van der Waals surface area contributed by atoms with E-state index < -0.39 is 11.7 Å². The fraction of sp³-hybridized carbons (Fsp3) is 0.250. The molecule has 0 bridgehead atoms. The van der Waals surface area contributed by atoms with Crippen molar-refractivity contribution in [1.82, 2.24) is 4.90 Å². The minimum absolute atomic E-state index is 0.357. The summed E-state index contributed by atoms with van der Waals surface area (Å²) in [5, 5.41) is 0.647. The van der Waals surface area contributed by atoms with Crippen molar-refractivity contribution >= 4 is 17.7 Å². The van der Waals surface area contributed by atoms with Crippen molar-refractivity contribution in [2.45, 2.75) is 32.9 Å². The molecule has 124 valence electrons. The Kier molecular flexibility index (Phi) is 5.89. The number of amides is 1. The molecule has 0 aliphatic rings. The number of carbonyl (C=O) groups excluding carboxylic acids is 1. The van der Waals surface area contributed by atoms with Gasteiger partial charge in [-0.05, 0) is 56.5 Å². The van der Waals surface area contributed by atoms with Gasteiger partial charge < -0.3 is 4.74 Å². The number of ether oxygens (including phenoxy) is 1. The summed E-state index contributed by atoms with van der Waals surface area (Å²) in [5.41, 5.74) is 1.18. The Labute approximate surface area is 148 Å². The zero-order valence-electron chi connectivity index (χ0n) is 14.0. The molecule has 0 atom stereocenters. The van der Waals surface area contributed by atoms with Crippen LogP contribution in [-0.4, -0.2) is 16.6 Å². The molecule has 3 nitrogen and oxygen atoms in total. The highest BCUT2D eigenvalue weighted by atomic mass is 35.5. The van der Waals surface area contributed by atoms with Crippen LogP contribution in [-0.2, 0) is 11.3 Å². The first-order valence-electron chi connectivity index (χ1n) is 7.65. The molecule has 2 aromatic carbocycles. The fourth-order valence-electron chi connectivity index (χ4n) is 1.90. The van der Waals surface area contributed by atoms with Crippen molar-refractivity contribution in [3.8, 4) is 12.0 Å². The van der Waals surface area contributed by atoms with E-state index in [1.807, 2.05) is 63.2 Å². The molecule has 0 N–H and O–H groups in total. The van der Waals surface area contributed by atoms with Crippen LogP contribution in [0.1, 0.15) is 31.9 Å². The predicted molar refractivity (Wildman–Crippen MR) is 96.5 cm³/mol. The molecule has 0 aliphatic heterocycles. The molecule has 0 saturated heterocycles. The van der Waals surface area contributed by atoms with Crippen LogP contribution in [0.15, 0.2) is 54.6 Å². The number of halogens is 1. The molecule has 0 aliphatic carbocycles. The Morgan fingerprint density at radius 2 is 1.71 bits per heavy atom. The molecule has 2 aromatic rings. The van der Waals surface area contributed by atoms with Crippen LogP contribution in [0.2, 0.25) is 5.02 Å². The average molecular weight is 342 g/mol. The Hall–Kier alpha value is -2.44. The van der Waals surface area contributed by atoms with Gasteiger partial charge in [0, 0.05) is 16.6 Å². The normalized spacial score (nSPS) is 10.5. The largest absolute Gasteiger partial charge is 0.443 e. The first kappa shape index (κ1) is 17.9. The van der Waals surface area contributed by atoms with E-state index in [0.717, 1.165) is 11.1 Å². The van der Waals surface area contributed by atoms with Gasteiger partial charge in [-0.15, -0.1) is 0 Å². The van der Waals surface area contributed by atoms with Crippen LogP contribution in [0.25, 0.3) is 0 Å². The SMILES string of the molecule is CC(C)(C)OC(=O)N(C#Cc1ccc(Cl)cc1)Cc1ccccc1. The van der Waals surface area contributed by atoms with E-state index >= 15 is 0 Å². The van der Waals surface area contributed by atoms with Gasteiger partial charge in [-0.1, -0.05) is 41.9 Å². The van der Waals surface area contributed by atoms with E-state index in [1.165, 1.54) is 4.90 Å². The third-order valence-corrected chi connectivity index (χ3v) is 3.23. The van der Waals surface area contributed by atoms with E-state index in [9.17, 15) is 4.79 Å². The predicted octanol–water partition coefficient (Wildman–Crippen LogP) is 5.09. The molecule has 24 heavy (non-hydrogen) atoms. The topological polar surface area (TPSA) is 29.5 Å². The van der Waals surface area contributed by atoms with E-state index in [1.54, 1.807) is 12.1 Å². The Balaban J connectivity index is 2.22. The van der Waals surface area contributed by atoms with Crippen LogP contribution in [0.3, 0.4) is 0 Å². The molecule has 0 unspecified atom stereocenters. The smallest absolute Gasteiger partial charge is 0.422 e. The minimum Gasteiger partial charge on any atom is -0.443 e. The minimum atomic E-state index is -0.575. The van der Waals surface area contributed by atoms with Gasteiger partial charge >= 0.3 is 6.09 Å². The molecule has 0 aromatic heterocycles. The van der Waals surface area contributed by atoms with Crippen molar-refractivity contribution in [3.05, 3.63) is 70.7 Å². The maximum absolute atomic E-state index is 12.4. The van der Waals surface area contributed by atoms with Crippen LogP contribution >= 0.6 is 11.6 Å². The number of nitrogens with zero attached hydrogens (tertiary/aromatic N) is 1. The molecule has 0 radical (unpaired) electrons. The summed E-state index contributed by atoms with van der Waals surface area (Å²) in [4.78, 5) is 13.8. The first-order valence-corrected chi connectivity index (χ1v) is 8.03. The third-order valence-electron chi connectivity index (χ3n) is 2.98. The second kappa shape index (κ2) is 7.90. The van der Waals surface area contributed by atoms with Gasteiger partial charge in [0.1, 0.15) is 5.60 Å². The zero-order chi connectivity index (χ0) is 17.6. The average Bonchev–Trinajstić information content (AvgIpc) is 2.52. The molecule has 0 heterocycles. The summed E-state index contributed by atoms with van der Waals surface area (Å²) in [5.74, 6) is 2.98. The van der Waals surface area contributed by atoms with Gasteiger partial charge in [0.25, 0.3) is 0 Å². The number of benzene rings is 2. The van der Waals surface area contributed by atoms with Crippen LogP contribution in [0.5, 0.6) is 0 Å². The molecular formula is C20H20ClNO2. The Morgan fingerprint density at radius 3 is 2.29 bits per heavy atom. The number of hydrogen-bond acceptors (Lipinski definition) is 2. The molecule has 4 heteroatoms. The quantitative estimate of drug-likeness (QED) is 0.562. The molecule has 2 rings (SSSR count). The lowest BCUT2D eigenvalue weighted by molar-refractivity contribution is 0.0341. The van der Waals surface area contributed by atoms with Crippen molar-refractivity contribution in [2.24, 2.45) is 0 Å². The van der Waals surface area contributed by atoms with Crippen molar-refractivity contribution in [1.29, 1.82) is 0 Å². The van der Waals surface area contributed by atoms with Crippen LogP contribution in [0.4, 0.5) is 4.79 Å². The summed E-state index contributed by atoms with van der Waals surface area (Å²) < 4.78 is 5.44. The summed E-state index contributed by atoms with van der Waals surface area (Å²) in [6.45, 7) is 5.85. The maximum atomic E-state index is 12.4. The zero-order valence-corrected chi connectivity index (χ0v) is 14.8. The monoisotopic (exact) mass is 341 g/mol. The number of hydrogen-bond donors (Lipinski definition) is 0. The highest BCUT2D eigenvalue weighted by molar-refractivity contribution is 6.30. The number of rotatable bonds is 2. The highest BCUT2D eigenvalue weighted by Crippen LogP contribution is 2.13. The van der Waals surface area contributed by atoms with E-state index in [4.69, 9.17) is 16.3 Å². The van der Waals surface area contributed by atoms with E-state index in [-0.39, 0.29) is 0 Å². The van der Waals surface area contributed by atoms with Crippen LogP contribution in [0, 0.1) is 12.0 Å².